The molecule has 0 amide bonds. The molecule has 2 aromatic carbocycles. The van der Waals surface area contributed by atoms with Crippen LogP contribution in [0.4, 0.5) is 0 Å². The molecule has 5 rings (SSSR count). The third-order valence-corrected chi connectivity index (χ3v) is 6.86. The summed E-state index contributed by atoms with van der Waals surface area (Å²) in [6.07, 6.45) is 10.5. The third-order valence-electron chi connectivity index (χ3n) is 6.86. The highest BCUT2D eigenvalue weighted by atomic mass is 16.1. The molecule has 0 spiro atoms. The first-order valence-corrected chi connectivity index (χ1v) is 12.7. The second-order valence-corrected chi connectivity index (χ2v) is 9.77. The van der Waals surface area contributed by atoms with Crippen molar-refractivity contribution in [2.75, 3.05) is 27.2 Å². The molecule has 3 N–H and O–H groups in total. The molecule has 1 atom stereocenters. The molecule has 1 aliphatic rings. The van der Waals surface area contributed by atoms with Gasteiger partial charge in [-0.1, -0.05) is 54.6 Å². The van der Waals surface area contributed by atoms with E-state index in [1.54, 1.807) is 6.20 Å². The second kappa shape index (κ2) is 10.9. The SMILES string of the molecule is CN(C)CCCNCc1ccc2[nH]c(-c3ccc[nH]c3=O)c(C3C=CC(c4ccccc4)=CC3)c2c1. The molecule has 36 heavy (non-hydrogen) atoms. The van der Waals surface area contributed by atoms with E-state index in [-0.39, 0.29) is 11.5 Å². The van der Waals surface area contributed by atoms with Gasteiger partial charge in [0.05, 0.1) is 11.3 Å². The van der Waals surface area contributed by atoms with Crippen LogP contribution in [0.3, 0.4) is 0 Å². The number of nitrogens with zero attached hydrogens (tertiary/aromatic N) is 1. The smallest absolute Gasteiger partial charge is 0.257 e. The molecular weight excluding hydrogens is 444 g/mol. The van der Waals surface area contributed by atoms with Crippen LogP contribution in [-0.4, -0.2) is 42.1 Å². The van der Waals surface area contributed by atoms with Crippen molar-refractivity contribution in [3.63, 3.8) is 0 Å². The van der Waals surface area contributed by atoms with E-state index in [0.717, 1.165) is 43.7 Å². The molecule has 0 fully saturated rings. The second-order valence-electron chi connectivity index (χ2n) is 9.77. The van der Waals surface area contributed by atoms with E-state index in [1.165, 1.54) is 27.6 Å². The molecule has 0 saturated heterocycles. The molecule has 4 aromatic rings. The summed E-state index contributed by atoms with van der Waals surface area (Å²) in [5.74, 6) is 0.184. The normalized spacial score (nSPS) is 15.5. The van der Waals surface area contributed by atoms with Crippen molar-refractivity contribution in [3.8, 4) is 11.3 Å². The zero-order valence-electron chi connectivity index (χ0n) is 21.1. The number of aromatic nitrogens is 2. The maximum Gasteiger partial charge on any atom is 0.257 e. The Morgan fingerprint density at radius 1 is 1.06 bits per heavy atom. The molecule has 0 radical (unpaired) electrons. The summed E-state index contributed by atoms with van der Waals surface area (Å²) in [7, 11) is 4.21. The Kier molecular flexibility index (Phi) is 7.31. The van der Waals surface area contributed by atoms with Crippen molar-refractivity contribution in [1.29, 1.82) is 0 Å². The van der Waals surface area contributed by atoms with Crippen LogP contribution in [0.1, 0.15) is 35.4 Å². The largest absolute Gasteiger partial charge is 0.354 e. The number of rotatable bonds is 9. The number of hydrogen-bond acceptors (Lipinski definition) is 3. The lowest BCUT2D eigenvalue weighted by Crippen LogP contribution is -2.20. The number of hydrogen-bond donors (Lipinski definition) is 3. The van der Waals surface area contributed by atoms with Gasteiger partial charge in [0.1, 0.15) is 0 Å². The zero-order chi connectivity index (χ0) is 24.9. The van der Waals surface area contributed by atoms with Crippen LogP contribution in [-0.2, 0) is 6.54 Å². The minimum atomic E-state index is -0.0756. The van der Waals surface area contributed by atoms with Gasteiger partial charge in [0.15, 0.2) is 0 Å². The van der Waals surface area contributed by atoms with Crippen molar-refractivity contribution >= 4 is 16.5 Å². The topological polar surface area (TPSA) is 63.9 Å². The van der Waals surface area contributed by atoms with Crippen LogP contribution < -0.4 is 10.9 Å². The average molecular weight is 479 g/mol. The van der Waals surface area contributed by atoms with Crippen LogP contribution in [0.5, 0.6) is 0 Å². The van der Waals surface area contributed by atoms with E-state index in [1.807, 2.05) is 18.2 Å². The van der Waals surface area contributed by atoms with E-state index in [0.29, 0.717) is 5.56 Å². The van der Waals surface area contributed by atoms with E-state index in [2.05, 4.69) is 95.0 Å². The summed E-state index contributed by atoms with van der Waals surface area (Å²) in [5, 5.41) is 4.76. The average Bonchev–Trinajstić information content (AvgIpc) is 3.28. The summed E-state index contributed by atoms with van der Waals surface area (Å²) in [5.41, 5.74) is 7.49. The van der Waals surface area contributed by atoms with Gasteiger partial charge in [-0.2, -0.15) is 0 Å². The monoisotopic (exact) mass is 478 g/mol. The van der Waals surface area contributed by atoms with Crippen LogP contribution in [0.25, 0.3) is 27.7 Å². The summed E-state index contributed by atoms with van der Waals surface area (Å²) in [6, 6.07) is 20.9. The zero-order valence-corrected chi connectivity index (χ0v) is 21.1. The molecule has 5 heteroatoms. The van der Waals surface area contributed by atoms with E-state index in [4.69, 9.17) is 0 Å². The van der Waals surface area contributed by atoms with Crippen molar-refractivity contribution in [1.82, 2.24) is 20.2 Å². The fourth-order valence-electron chi connectivity index (χ4n) is 5.02. The fraction of sp³-hybridized carbons (Fsp3) is 0.258. The van der Waals surface area contributed by atoms with Gasteiger partial charge in [0.2, 0.25) is 0 Å². The Labute approximate surface area is 212 Å². The first-order valence-electron chi connectivity index (χ1n) is 12.7. The van der Waals surface area contributed by atoms with Crippen LogP contribution in [0.15, 0.2) is 89.9 Å². The van der Waals surface area contributed by atoms with Gasteiger partial charge in [-0.15, -0.1) is 0 Å². The Hall–Kier alpha value is -3.67. The summed E-state index contributed by atoms with van der Waals surface area (Å²) in [6.45, 7) is 2.89. The van der Waals surface area contributed by atoms with Crippen LogP contribution >= 0.6 is 0 Å². The van der Waals surface area contributed by atoms with Gasteiger partial charge in [0, 0.05) is 29.6 Å². The van der Waals surface area contributed by atoms with Gasteiger partial charge in [0.25, 0.3) is 5.56 Å². The minimum Gasteiger partial charge on any atom is -0.354 e. The van der Waals surface area contributed by atoms with Crippen molar-refractivity contribution < 1.29 is 0 Å². The first kappa shape index (κ1) is 24.0. The number of pyridine rings is 1. The lowest BCUT2D eigenvalue weighted by Gasteiger charge is -2.18. The number of benzene rings is 2. The molecule has 1 aliphatic carbocycles. The molecule has 2 heterocycles. The lowest BCUT2D eigenvalue weighted by molar-refractivity contribution is 0.394. The molecule has 0 saturated carbocycles. The number of H-pyrrole nitrogens is 2. The Morgan fingerprint density at radius 3 is 2.67 bits per heavy atom. The van der Waals surface area contributed by atoms with Crippen LogP contribution in [0.2, 0.25) is 0 Å². The lowest BCUT2D eigenvalue weighted by atomic mass is 9.85. The third kappa shape index (κ3) is 5.27. The van der Waals surface area contributed by atoms with Gasteiger partial charge >= 0.3 is 0 Å². The Morgan fingerprint density at radius 2 is 1.92 bits per heavy atom. The molecule has 1 unspecified atom stereocenters. The maximum absolute atomic E-state index is 12.8. The summed E-state index contributed by atoms with van der Waals surface area (Å²) >= 11 is 0. The first-order chi connectivity index (χ1) is 17.6. The number of fused-ring (bicyclic) bond motifs is 1. The maximum atomic E-state index is 12.8. The van der Waals surface area contributed by atoms with Gasteiger partial charge in [-0.05, 0) is 86.6 Å². The Balaban J connectivity index is 1.48. The summed E-state index contributed by atoms with van der Waals surface area (Å²) in [4.78, 5) is 21.4. The van der Waals surface area contributed by atoms with Crippen molar-refractivity contribution in [3.05, 3.63) is 112 Å². The quantitative estimate of drug-likeness (QED) is 0.271. The van der Waals surface area contributed by atoms with Crippen molar-refractivity contribution in [2.45, 2.75) is 25.3 Å². The highest BCUT2D eigenvalue weighted by Gasteiger charge is 2.23. The number of nitrogens with one attached hydrogen (secondary N) is 3. The van der Waals surface area contributed by atoms with Crippen molar-refractivity contribution in [2.24, 2.45) is 0 Å². The predicted octanol–water partition coefficient (Wildman–Crippen LogP) is 5.69. The highest BCUT2D eigenvalue weighted by molar-refractivity contribution is 5.92. The standard InChI is InChI=1S/C31H34N4O/c1-35(2)19-7-17-32-21-22-11-16-28-27(20-22)29(30(34-28)26-10-6-18-33-31(26)36)25-14-12-24(13-15-25)23-8-4-3-5-9-23/h3-6,8-14,16,18,20,25,32,34H,7,15,17,19,21H2,1-2H3,(H,33,36). The predicted molar refractivity (Wildman–Crippen MR) is 150 cm³/mol. The highest BCUT2D eigenvalue weighted by Crippen LogP contribution is 2.40. The molecule has 2 aromatic heterocycles. The molecule has 0 aliphatic heterocycles. The molecule has 0 bridgehead atoms. The van der Waals surface area contributed by atoms with Crippen LogP contribution in [0, 0.1) is 0 Å². The summed E-state index contributed by atoms with van der Waals surface area (Å²) < 4.78 is 0. The molecule has 184 valence electrons. The number of aromatic amines is 2. The van der Waals surface area contributed by atoms with Gasteiger partial charge in [-0.3, -0.25) is 4.79 Å². The Bertz CT molecular complexity index is 1440. The van der Waals surface area contributed by atoms with Gasteiger partial charge in [-0.25, -0.2) is 0 Å². The minimum absolute atomic E-state index is 0.0756. The van der Waals surface area contributed by atoms with E-state index >= 15 is 0 Å². The van der Waals surface area contributed by atoms with E-state index < -0.39 is 0 Å². The molecular formula is C31H34N4O. The van der Waals surface area contributed by atoms with E-state index in [9.17, 15) is 4.79 Å². The number of allylic oxidation sites excluding steroid dienone is 4. The molecule has 5 nitrogen and oxygen atoms in total. The van der Waals surface area contributed by atoms with Gasteiger partial charge < -0.3 is 20.2 Å². The fourth-order valence-corrected chi connectivity index (χ4v) is 5.02.